The van der Waals surface area contributed by atoms with Gasteiger partial charge in [0.05, 0.1) is 23.7 Å². The Morgan fingerprint density at radius 3 is 1.50 bits per heavy atom. The second-order valence-corrected chi connectivity index (χ2v) is 35.9. The van der Waals surface area contributed by atoms with Crippen LogP contribution in [0.15, 0.2) is 0 Å². The fourth-order valence-corrected chi connectivity index (χ4v) is 37.5. The first-order chi connectivity index (χ1) is 20.0. The Morgan fingerprint density at radius 2 is 1.00 bits per heavy atom. The molecule has 44 heavy (non-hydrogen) atoms. The Kier molecular flexibility index (Phi) is 8.61. The van der Waals surface area contributed by atoms with Gasteiger partial charge in [-0.2, -0.15) is 0 Å². The molecule has 0 aromatic carbocycles. The van der Waals surface area contributed by atoms with Crippen molar-refractivity contribution in [1.29, 1.82) is 0 Å². The Morgan fingerprint density at radius 1 is 0.591 bits per heavy atom. The Balaban J connectivity index is 1.21. The maximum atomic E-state index is 12.5. The lowest BCUT2D eigenvalue weighted by Crippen LogP contribution is -2.60. The Bertz CT molecular complexity index is 1240. The van der Waals surface area contributed by atoms with Gasteiger partial charge in [-0.3, -0.25) is 19.2 Å². The van der Waals surface area contributed by atoms with Gasteiger partial charge in [-0.05, 0) is 126 Å². The van der Waals surface area contributed by atoms with Crippen LogP contribution in [0.5, 0.6) is 0 Å². The number of carbonyl (C=O) groups is 4. The molecule has 1 heterocycles. The molecule has 10 atom stereocenters. The van der Waals surface area contributed by atoms with Crippen LogP contribution >= 0.6 is 0 Å². The van der Waals surface area contributed by atoms with Crippen molar-refractivity contribution in [2.75, 3.05) is 0 Å². The van der Waals surface area contributed by atoms with Crippen molar-refractivity contribution in [2.45, 2.75) is 102 Å². The van der Waals surface area contributed by atoms with E-state index in [1.165, 1.54) is 0 Å². The summed E-state index contributed by atoms with van der Waals surface area (Å²) in [5, 5.41) is 19.6. The summed E-state index contributed by atoms with van der Waals surface area (Å²) in [7, 11) is -13.0. The van der Waals surface area contributed by atoms with E-state index in [1.807, 2.05) is 26.2 Å². The summed E-state index contributed by atoms with van der Waals surface area (Å²) in [4.78, 5) is 48.8. The first-order valence-electron chi connectivity index (χ1n) is 16.0. The van der Waals surface area contributed by atoms with Crippen LogP contribution in [0, 0.1) is 47.3 Å². The monoisotopic (exact) mass is 702 g/mol. The van der Waals surface area contributed by atoms with Crippen molar-refractivity contribution < 1.29 is 50.6 Å². The molecule has 10 unspecified atom stereocenters. The predicted octanol–water partition coefficient (Wildman–Crippen LogP) is 5.11. The van der Waals surface area contributed by atoms with Gasteiger partial charge < -0.3 is 31.4 Å². The van der Waals surface area contributed by atoms with Gasteiger partial charge in [-0.15, -0.1) is 0 Å². The standard InChI is InChI=1S/C28H50O11Si5/c1-40(2,19-13-15-11-17(19)23(26(31)32)21(15)25(29)30)36-42(5,6)38-44(9,10)39-43(7,8)37-41(3,4)20-14-16-12-18(20)24-22(16)27(33)35-28(24)34/h15-24H,11-14H2,1-10H3,(H,29,30)(H,31,32). The third-order valence-corrected chi connectivity index (χ3v) is 32.0. The van der Waals surface area contributed by atoms with Gasteiger partial charge in [-0.25, -0.2) is 0 Å². The number of hydrogen-bond acceptors (Lipinski definition) is 9. The van der Waals surface area contributed by atoms with Crippen molar-refractivity contribution in [3.8, 4) is 0 Å². The molecule has 4 bridgehead atoms. The van der Waals surface area contributed by atoms with Crippen LogP contribution in [0.3, 0.4) is 0 Å². The van der Waals surface area contributed by atoms with Crippen LogP contribution in [0.1, 0.15) is 25.7 Å². The Labute approximate surface area is 265 Å². The summed E-state index contributed by atoms with van der Waals surface area (Å²) in [5.74, 6) is -5.03. The third-order valence-electron chi connectivity index (χ3n) is 11.1. The topological polar surface area (TPSA) is 155 Å². The zero-order valence-electron chi connectivity index (χ0n) is 27.7. The molecule has 2 N–H and O–H groups in total. The van der Waals surface area contributed by atoms with Gasteiger partial charge in [0.15, 0.2) is 16.6 Å². The molecule has 11 nitrogen and oxygen atoms in total. The second kappa shape index (κ2) is 11.0. The minimum absolute atomic E-state index is 0.0556. The number of cyclic esters (lactones) is 2. The smallest absolute Gasteiger partial charge is 0.317 e. The molecule has 1 saturated heterocycles. The second-order valence-electron chi connectivity index (χ2n) is 16.3. The van der Waals surface area contributed by atoms with E-state index < -0.39 is 66.1 Å². The average Bonchev–Trinajstić information content (AvgIpc) is 3.60. The van der Waals surface area contributed by atoms with Gasteiger partial charge in [-0.1, -0.05) is 0 Å². The summed E-state index contributed by atoms with van der Waals surface area (Å²) in [6.07, 6.45) is 3.09. The highest BCUT2D eigenvalue weighted by Gasteiger charge is 2.66. The normalized spacial score (nSPS) is 37.0. The Hall–Kier alpha value is -0.996. The molecule has 0 amide bonds. The first kappa shape index (κ1) is 34.3. The SMILES string of the molecule is C[Si](C)(O[Si](C)(C)O[Si](C)(C)C1CC2CC1C(C(=O)O)C2C(=O)O)O[Si](C)(C)O[Si](C)(C)C1CC2CC1C1C(=O)OC(=O)C21. The largest absolute Gasteiger partial charge is 0.481 e. The maximum absolute atomic E-state index is 12.5. The van der Waals surface area contributed by atoms with Gasteiger partial charge in [0.25, 0.3) is 0 Å². The van der Waals surface area contributed by atoms with E-state index in [0.717, 1.165) is 12.8 Å². The van der Waals surface area contributed by atoms with Crippen LogP contribution in [-0.4, -0.2) is 76.4 Å². The summed E-state index contributed by atoms with van der Waals surface area (Å²) < 4.78 is 32.4. The van der Waals surface area contributed by atoms with Gasteiger partial charge in [0.1, 0.15) is 0 Å². The van der Waals surface area contributed by atoms with E-state index in [9.17, 15) is 29.4 Å². The lowest BCUT2D eigenvalue weighted by Gasteiger charge is -2.46. The van der Waals surface area contributed by atoms with Crippen LogP contribution < -0.4 is 0 Å². The van der Waals surface area contributed by atoms with E-state index in [1.54, 1.807) is 0 Å². The summed E-state index contributed by atoms with van der Waals surface area (Å²) in [5.41, 5.74) is 0.311. The van der Waals surface area contributed by atoms with Gasteiger partial charge in [0.2, 0.25) is 0 Å². The van der Waals surface area contributed by atoms with Crippen molar-refractivity contribution >= 4 is 66.2 Å². The van der Waals surface area contributed by atoms with E-state index in [0.29, 0.717) is 12.8 Å². The molecule has 4 saturated carbocycles. The number of ether oxygens (including phenoxy) is 1. The van der Waals surface area contributed by atoms with Gasteiger partial charge in [0, 0.05) is 0 Å². The van der Waals surface area contributed by atoms with Gasteiger partial charge >= 0.3 is 49.6 Å². The van der Waals surface area contributed by atoms with Crippen LogP contribution in [0.2, 0.25) is 76.6 Å². The molecular weight excluding hydrogens is 653 g/mol. The molecule has 0 aromatic heterocycles. The molecule has 4 aliphatic carbocycles. The summed E-state index contributed by atoms with van der Waals surface area (Å²) in [6, 6.07) is 0. The maximum Gasteiger partial charge on any atom is 0.317 e. The number of fused-ring (bicyclic) bond motifs is 7. The number of carboxylic acid groups (broad SMARTS) is 2. The molecule has 1 aliphatic heterocycles. The van der Waals surface area contributed by atoms with Crippen LogP contribution in [-0.2, 0) is 40.4 Å². The molecule has 0 radical (unpaired) electrons. The number of esters is 2. The number of aliphatic carboxylic acids is 2. The van der Waals surface area contributed by atoms with E-state index in [-0.39, 0.29) is 58.5 Å². The number of hydrogen-bond donors (Lipinski definition) is 2. The molecule has 0 spiro atoms. The number of carboxylic acids is 2. The fourth-order valence-electron chi connectivity index (χ4n) is 10.6. The molecule has 5 aliphatic rings. The molecule has 5 rings (SSSR count). The van der Waals surface area contributed by atoms with Crippen LogP contribution in [0.4, 0.5) is 0 Å². The van der Waals surface area contributed by atoms with E-state index in [2.05, 4.69) is 39.3 Å². The summed E-state index contributed by atoms with van der Waals surface area (Å²) in [6.45, 7) is 20.8. The lowest BCUT2D eigenvalue weighted by molar-refractivity contribution is -0.156. The highest BCUT2D eigenvalue weighted by atomic mass is 28.5. The third kappa shape index (κ3) is 6.18. The van der Waals surface area contributed by atoms with Crippen molar-refractivity contribution in [3.05, 3.63) is 0 Å². The zero-order valence-corrected chi connectivity index (χ0v) is 32.7. The zero-order chi connectivity index (χ0) is 32.9. The predicted molar refractivity (Wildman–Crippen MR) is 172 cm³/mol. The van der Waals surface area contributed by atoms with Crippen LogP contribution in [0.25, 0.3) is 0 Å². The number of rotatable bonds is 12. The highest BCUT2D eigenvalue weighted by Crippen LogP contribution is 2.64. The van der Waals surface area contributed by atoms with Crippen molar-refractivity contribution in [3.63, 3.8) is 0 Å². The van der Waals surface area contributed by atoms with Crippen molar-refractivity contribution in [1.82, 2.24) is 0 Å². The molecule has 0 aromatic rings. The quantitative estimate of drug-likeness (QED) is 0.158. The highest BCUT2D eigenvalue weighted by molar-refractivity contribution is 6.91. The van der Waals surface area contributed by atoms with E-state index in [4.69, 9.17) is 21.2 Å². The number of carbonyl (C=O) groups excluding carboxylic acids is 2. The minimum Gasteiger partial charge on any atom is -0.481 e. The molecule has 248 valence electrons. The lowest BCUT2D eigenvalue weighted by atomic mass is 9.79. The van der Waals surface area contributed by atoms with E-state index >= 15 is 0 Å². The average molecular weight is 703 g/mol. The molecular formula is C28H50O11Si5. The fraction of sp³-hybridized carbons (Fsp3) is 0.857. The molecule has 5 fully saturated rings. The first-order valence-corrected chi connectivity index (χ1v) is 30.4. The summed E-state index contributed by atoms with van der Waals surface area (Å²) >= 11 is 0. The van der Waals surface area contributed by atoms with Crippen molar-refractivity contribution in [2.24, 2.45) is 47.3 Å². The molecule has 16 heteroatoms. The minimum atomic E-state index is -2.76.